The Bertz CT molecular complexity index is 492. The van der Waals surface area contributed by atoms with Gasteiger partial charge in [0.05, 0.1) is 7.11 Å². The van der Waals surface area contributed by atoms with E-state index in [1.54, 1.807) is 18.2 Å². The Balaban J connectivity index is 2.62. The van der Waals surface area contributed by atoms with Gasteiger partial charge >= 0.3 is 11.9 Å². The number of thiol groups is 1. The van der Waals surface area contributed by atoms with E-state index in [9.17, 15) is 4.79 Å². The van der Waals surface area contributed by atoms with Crippen molar-refractivity contribution in [3.8, 4) is 0 Å². The van der Waals surface area contributed by atoms with Crippen molar-refractivity contribution in [1.29, 1.82) is 0 Å². The van der Waals surface area contributed by atoms with Gasteiger partial charge in [-0.1, -0.05) is 6.07 Å². The first-order valence-electron chi connectivity index (χ1n) is 3.89. The summed E-state index contributed by atoms with van der Waals surface area (Å²) < 4.78 is 9.67. The Labute approximate surface area is 85.3 Å². The largest absolute Gasteiger partial charge is 0.462 e. The average Bonchev–Trinajstić information content (AvgIpc) is 2.62. The highest BCUT2D eigenvalue weighted by Crippen LogP contribution is 2.22. The Morgan fingerprint density at radius 2 is 2.36 bits per heavy atom. The first-order valence-corrected chi connectivity index (χ1v) is 4.34. The predicted molar refractivity (Wildman–Crippen MR) is 52.6 cm³/mol. The standard InChI is InChI=1S/C9H7NO3S/c1-12-9(11)8-10-5-3-2-4-6(14)7(5)13-8/h2-4,14H,1H3. The summed E-state index contributed by atoms with van der Waals surface area (Å²) in [4.78, 5) is 15.7. The number of oxazole rings is 1. The lowest BCUT2D eigenvalue weighted by Gasteiger charge is -1.90. The third kappa shape index (κ3) is 1.35. The second-order valence-electron chi connectivity index (χ2n) is 2.64. The van der Waals surface area contributed by atoms with Gasteiger partial charge in [-0.15, -0.1) is 12.6 Å². The first kappa shape index (κ1) is 9.08. The summed E-state index contributed by atoms with van der Waals surface area (Å²) in [6, 6.07) is 5.29. The summed E-state index contributed by atoms with van der Waals surface area (Å²) in [5.41, 5.74) is 1.09. The van der Waals surface area contributed by atoms with Crippen LogP contribution in [0.15, 0.2) is 27.5 Å². The maximum absolute atomic E-state index is 11.1. The molecule has 0 spiro atoms. The summed E-state index contributed by atoms with van der Waals surface area (Å²) in [5.74, 6) is -0.641. The number of hydrogen-bond acceptors (Lipinski definition) is 5. The van der Waals surface area contributed by atoms with Crippen LogP contribution in [0.3, 0.4) is 0 Å². The molecule has 0 amide bonds. The van der Waals surface area contributed by atoms with Gasteiger partial charge in [0.1, 0.15) is 5.52 Å². The molecule has 0 fully saturated rings. The van der Waals surface area contributed by atoms with Crippen molar-refractivity contribution in [3.63, 3.8) is 0 Å². The van der Waals surface area contributed by atoms with E-state index in [1.807, 2.05) is 0 Å². The van der Waals surface area contributed by atoms with Gasteiger partial charge in [0.25, 0.3) is 0 Å². The van der Waals surface area contributed by atoms with Gasteiger partial charge in [-0.05, 0) is 12.1 Å². The Kier molecular flexibility index (Phi) is 2.17. The SMILES string of the molecule is COC(=O)c1nc2cccc(S)c2o1. The maximum atomic E-state index is 11.1. The number of nitrogens with zero attached hydrogens (tertiary/aromatic N) is 1. The number of ether oxygens (including phenoxy) is 1. The number of carbonyl (C=O) groups is 1. The minimum Gasteiger partial charge on any atom is -0.462 e. The summed E-state index contributed by atoms with van der Waals surface area (Å²) in [7, 11) is 1.28. The van der Waals surface area contributed by atoms with Gasteiger partial charge in [0, 0.05) is 4.90 Å². The lowest BCUT2D eigenvalue weighted by Crippen LogP contribution is -2.00. The number of carbonyl (C=O) groups excluding carboxylic acids is 1. The highest BCUT2D eigenvalue weighted by molar-refractivity contribution is 7.80. The second kappa shape index (κ2) is 3.34. The van der Waals surface area contributed by atoms with Crippen LogP contribution in [0.2, 0.25) is 0 Å². The predicted octanol–water partition coefficient (Wildman–Crippen LogP) is 1.90. The molecule has 0 saturated heterocycles. The number of aromatic nitrogens is 1. The van der Waals surface area contributed by atoms with Crippen LogP contribution in [-0.2, 0) is 4.74 Å². The number of para-hydroxylation sites is 1. The van der Waals surface area contributed by atoms with Crippen LogP contribution in [0.5, 0.6) is 0 Å². The molecule has 0 aliphatic rings. The molecule has 0 aliphatic carbocycles. The van der Waals surface area contributed by atoms with Crippen LogP contribution in [-0.4, -0.2) is 18.1 Å². The molecule has 0 radical (unpaired) electrons. The number of hydrogen-bond donors (Lipinski definition) is 1. The van der Waals surface area contributed by atoms with Crippen molar-refractivity contribution >= 4 is 29.7 Å². The van der Waals surface area contributed by atoms with E-state index in [-0.39, 0.29) is 5.89 Å². The number of methoxy groups -OCH3 is 1. The van der Waals surface area contributed by atoms with E-state index in [0.29, 0.717) is 16.0 Å². The molecule has 5 heteroatoms. The summed E-state index contributed by atoms with van der Waals surface area (Å²) in [6.45, 7) is 0. The topological polar surface area (TPSA) is 52.3 Å². The zero-order valence-electron chi connectivity index (χ0n) is 7.35. The van der Waals surface area contributed by atoms with E-state index in [1.165, 1.54) is 7.11 Å². The summed E-state index contributed by atoms with van der Waals surface area (Å²) in [6.07, 6.45) is 0. The molecule has 1 aromatic heterocycles. The lowest BCUT2D eigenvalue weighted by atomic mass is 10.3. The normalized spacial score (nSPS) is 10.4. The van der Waals surface area contributed by atoms with Gasteiger partial charge in [0.2, 0.25) is 0 Å². The fraction of sp³-hybridized carbons (Fsp3) is 0.111. The van der Waals surface area contributed by atoms with E-state index >= 15 is 0 Å². The van der Waals surface area contributed by atoms with E-state index < -0.39 is 5.97 Å². The molecule has 0 unspecified atom stereocenters. The Hall–Kier alpha value is -1.49. The molecule has 1 aromatic carbocycles. The summed E-state index contributed by atoms with van der Waals surface area (Å²) >= 11 is 4.18. The van der Waals surface area contributed by atoms with Crippen molar-refractivity contribution in [2.45, 2.75) is 4.90 Å². The van der Waals surface area contributed by atoms with Crippen molar-refractivity contribution in [3.05, 3.63) is 24.1 Å². The van der Waals surface area contributed by atoms with Crippen molar-refractivity contribution in [1.82, 2.24) is 4.98 Å². The molecule has 0 N–H and O–H groups in total. The molecule has 14 heavy (non-hydrogen) atoms. The van der Waals surface area contributed by atoms with Crippen LogP contribution >= 0.6 is 12.6 Å². The lowest BCUT2D eigenvalue weighted by molar-refractivity contribution is 0.0558. The zero-order valence-corrected chi connectivity index (χ0v) is 8.25. The van der Waals surface area contributed by atoms with Crippen LogP contribution in [0.1, 0.15) is 10.7 Å². The number of rotatable bonds is 1. The van der Waals surface area contributed by atoms with Crippen molar-refractivity contribution in [2.75, 3.05) is 7.11 Å². The third-order valence-electron chi connectivity index (χ3n) is 1.75. The molecular formula is C9H7NO3S. The molecule has 2 rings (SSSR count). The molecular weight excluding hydrogens is 202 g/mol. The Morgan fingerprint density at radius 3 is 3.00 bits per heavy atom. The number of esters is 1. The molecule has 0 saturated carbocycles. The van der Waals surface area contributed by atoms with Crippen LogP contribution in [0, 0.1) is 0 Å². The molecule has 2 aromatic rings. The first-order chi connectivity index (χ1) is 6.72. The fourth-order valence-corrected chi connectivity index (χ4v) is 1.36. The van der Waals surface area contributed by atoms with Gasteiger partial charge in [0.15, 0.2) is 5.58 Å². The van der Waals surface area contributed by atoms with Crippen LogP contribution in [0.25, 0.3) is 11.1 Å². The minimum atomic E-state index is -0.589. The maximum Gasteiger partial charge on any atom is 0.394 e. The molecule has 1 heterocycles. The fourth-order valence-electron chi connectivity index (χ4n) is 1.11. The number of benzene rings is 1. The molecule has 0 bridgehead atoms. The van der Waals surface area contributed by atoms with E-state index in [0.717, 1.165) is 0 Å². The molecule has 0 aliphatic heterocycles. The summed E-state index contributed by atoms with van der Waals surface area (Å²) in [5, 5.41) is 0. The Morgan fingerprint density at radius 1 is 1.57 bits per heavy atom. The minimum absolute atomic E-state index is 0.0519. The van der Waals surface area contributed by atoms with Gasteiger partial charge in [-0.25, -0.2) is 9.78 Å². The monoisotopic (exact) mass is 209 g/mol. The smallest absolute Gasteiger partial charge is 0.394 e. The second-order valence-corrected chi connectivity index (χ2v) is 3.12. The van der Waals surface area contributed by atoms with Gasteiger partial charge < -0.3 is 9.15 Å². The van der Waals surface area contributed by atoms with Gasteiger partial charge in [-0.2, -0.15) is 0 Å². The van der Waals surface area contributed by atoms with E-state index in [4.69, 9.17) is 4.42 Å². The average molecular weight is 209 g/mol. The quantitative estimate of drug-likeness (QED) is 0.575. The van der Waals surface area contributed by atoms with Gasteiger partial charge in [-0.3, -0.25) is 0 Å². The zero-order chi connectivity index (χ0) is 10.1. The van der Waals surface area contributed by atoms with Crippen LogP contribution in [0.4, 0.5) is 0 Å². The number of fused-ring (bicyclic) bond motifs is 1. The van der Waals surface area contributed by atoms with Crippen molar-refractivity contribution < 1.29 is 13.9 Å². The highest BCUT2D eigenvalue weighted by Gasteiger charge is 2.15. The van der Waals surface area contributed by atoms with Crippen molar-refractivity contribution in [2.24, 2.45) is 0 Å². The molecule has 72 valence electrons. The molecule has 0 atom stereocenters. The van der Waals surface area contributed by atoms with E-state index in [2.05, 4.69) is 22.3 Å². The molecule has 4 nitrogen and oxygen atoms in total. The highest BCUT2D eigenvalue weighted by atomic mass is 32.1. The van der Waals surface area contributed by atoms with Crippen LogP contribution < -0.4 is 0 Å². The third-order valence-corrected chi connectivity index (χ3v) is 2.11.